The maximum Gasteiger partial charge on any atom is 0.206 e. The van der Waals surface area contributed by atoms with Crippen LogP contribution in [-0.2, 0) is 20.2 Å². The van der Waals surface area contributed by atoms with Crippen molar-refractivity contribution < 1.29 is 13.2 Å². The molecule has 0 amide bonds. The fourth-order valence-electron chi connectivity index (χ4n) is 6.16. The molecule has 0 bridgehead atoms. The number of para-hydroxylation sites is 1. The first kappa shape index (κ1) is 32.0. The molecule has 6 aromatic carbocycles. The van der Waals surface area contributed by atoms with E-state index in [2.05, 4.69) is 22.8 Å². The highest BCUT2D eigenvalue weighted by Crippen LogP contribution is 2.52. The third-order valence-corrected chi connectivity index (χ3v) is 10.5. The van der Waals surface area contributed by atoms with Gasteiger partial charge in [0.25, 0.3) is 0 Å². The van der Waals surface area contributed by atoms with Crippen LogP contribution < -0.4 is 10.6 Å². The van der Waals surface area contributed by atoms with Gasteiger partial charge < -0.3 is 15.4 Å². The van der Waals surface area contributed by atoms with Gasteiger partial charge in [0.05, 0.1) is 32.7 Å². The van der Waals surface area contributed by atoms with Gasteiger partial charge in [0.1, 0.15) is 11.8 Å². The Hall–Kier alpha value is -6.61. The molecular formula is C42H30N4O3S. The van der Waals surface area contributed by atoms with Gasteiger partial charge in [-0.15, -0.1) is 0 Å². The van der Waals surface area contributed by atoms with Crippen LogP contribution in [0.2, 0.25) is 0 Å². The lowest BCUT2D eigenvalue weighted by Gasteiger charge is -2.31. The standard InChI is InChI=1S/C42H30N4O3S/c43-28-30-10-9-16-37(26-30)45-35-20-18-31(19-21-35)41-40(27-42(49-41,33-12-3-1-4-13-33)34-14-5-2-6-15-34)50(47,48)38-24-22-36(23-25-38)46-39-17-8-7-11-32(39)29-44/h1-26,45-46H,27H2. The van der Waals surface area contributed by atoms with E-state index in [-0.39, 0.29) is 22.0 Å². The lowest BCUT2D eigenvalue weighted by atomic mass is 9.84. The molecule has 1 heterocycles. The third kappa shape index (κ3) is 6.20. The van der Waals surface area contributed by atoms with E-state index in [1.807, 2.05) is 103 Å². The van der Waals surface area contributed by atoms with Crippen molar-refractivity contribution in [3.63, 3.8) is 0 Å². The van der Waals surface area contributed by atoms with Gasteiger partial charge >= 0.3 is 0 Å². The summed E-state index contributed by atoms with van der Waals surface area (Å²) < 4.78 is 36.3. The smallest absolute Gasteiger partial charge is 0.206 e. The summed E-state index contributed by atoms with van der Waals surface area (Å²) in [5.74, 6) is 0.279. The summed E-state index contributed by atoms with van der Waals surface area (Å²) in [5, 5.41) is 25.3. The van der Waals surface area contributed by atoms with Crippen LogP contribution in [0.25, 0.3) is 5.76 Å². The minimum atomic E-state index is -4.06. The van der Waals surface area contributed by atoms with Crippen molar-refractivity contribution in [2.45, 2.75) is 16.9 Å². The van der Waals surface area contributed by atoms with Crippen molar-refractivity contribution in [2.75, 3.05) is 10.6 Å². The summed E-state index contributed by atoms with van der Waals surface area (Å²) >= 11 is 0. The molecule has 7 rings (SSSR count). The molecule has 8 heteroatoms. The monoisotopic (exact) mass is 670 g/mol. The third-order valence-electron chi connectivity index (χ3n) is 8.66. The largest absolute Gasteiger partial charge is 0.476 e. The molecule has 0 unspecified atom stereocenters. The molecule has 0 radical (unpaired) electrons. The molecule has 0 spiro atoms. The van der Waals surface area contributed by atoms with Crippen LogP contribution in [0.15, 0.2) is 168 Å². The number of nitrogens with one attached hydrogen (secondary N) is 2. The second kappa shape index (κ2) is 13.5. The Morgan fingerprint density at radius 3 is 1.84 bits per heavy atom. The number of nitriles is 2. The summed E-state index contributed by atoms with van der Waals surface area (Å²) in [6, 6.07) is 52.0. The second-order valence-corrected chi connectivity index (χ2v) is 13.8. The van der Waals surface area contributed by atoms with E-state index in [0.29, 0.717) is 28.1 Å². The topological polar surface area (TPSA) is 115 Å². The van der Waals surface area contributed by atoms with E-state index < -0.39 is 15.4 Å². The Bertz CT molecular complexity index is 2360. The fourth-order valence-corrected chi connectivity index (χ4v) is 7.73. The zero-order chi connectivity index (χ0) is 34.6. The number of hydrogen-bond acceptors (Lipinski definition) is 7. The van der Waals surface area contributed by atoms with E-state index in [9.17, 15) is 18.9 Å². The van der Waals surface area contributed by atoms with Crippen LogP contribution in [0.4, 0.5) is 22.7 Å². The molecule has 1 aliphatic rings. The summed E-state index contributed by atoms with van der Waals surface area (Å²) in [6.45, 7) is 0. The predicted octanol–water partition coefficient (Wildman–Crippen LogP) is 9.42. The van der Waals surface area contributed by atoms with Crippen molar-refractivity contribution in [3.05, 3.63) is 190 Å². The number of hydrogen-bond donors (Lipinski definition) is 2. The van der Waals surface area contributed by atoms with E-state index in [1.54, 1.807) is 54.6 Å². The SMILES string of the molecule is N#Cc1cccc(Nc2ccc(C3=C(S(=O)(=O)c4ccc(Nc5ccccc5C#N)cc4)CC(c4ccccc4)(c4ccccc4)O3)cc2)c1. The highest BCUT2D eigenvalue weighted by molar-refractivity contribution is 7.95. The first-order valence-electron chi connectivity index (χ1n) is 15.9. The zero-order valence-electron chi connectivity index (χ0n) is 26.7. The van der Waals surface area contributed by atoms with Gasteiger partial charge in [0.2, 0.25) is 9.84 Å². The van der Waals surface area contributed by atoms with Gasteiger partial charge in [0, 0.05) is 40.2 Å². The Labute approximate surface area is 291 Å². The van der Waals surface area contributed by atoms with Gasteiger partial charge in [-0.3, -0.25) is 0 Å². The molecule has 6 aromatic rings. The second-order valence-electron chi connectivity index (χ2n) is 11.8. The van der Waals surface area contributed by atoms with Gasteiger partial charge in [-0.25, -0.2) is 8.42 Å². The number of ether oxygens (including phenoxy) is 1. The first-order valence-corrected chi connectivity index (χ1v) is 17.4. The highest BCUT2D eigenvalue weighted by atomic mass is 32.2. The molecule has 0 aliphatic carbocycles. The molecule has 242 valence electrons. The quantitative estimate of drug-likeness (QED) is 0.157. The van der Waals surface area contributed by atoms with Crippen LogP contribution in [0.1, 0.15) is 34.2 Å². The van der Waals surface area contributed by atoms with Crippen LogP contribution >= 0.6 is 0 Å². The number of benzene rings is 6. The normalized spacial score (nSPS) is 13.5. The molecule has 0 fully saturated rings. The summed E-state index contributed by atoms with van der Waals surface area (Å²) in [4.78, 5) is 0.295. The molecule has 50 heavy (non-hydrogen) atoms. The number of sulfone groups is 1. The Morgan fingerprint density at radius 2 is 1.20 bits per heavy atom. The van der Waals surface area contributed by atoms with Crippen molar-refractivity contribution in [2.24, 2.45) is 0 Å². The maximum absolute atomic E-state index is 14.7. The number of rotatable bonds is 9. The van der Waals surface area contributed by atoms with Gasteiger partial charge in [-0.1, -0.05) is 78.9 Å². The minimum Gasteiger partial charge on any atom is -0.476 e. The van der Waals surface area contributed by atoms with E-state index in [4.69, 9.17) is 4.74 Å². The van der Waals surface area contributed by atoms with Crippen molar-refractivity contribution in [1.82, 2.24) is 0 Å². The van der Waals surface area contributed by atoms with Crippen LogP contribution in [-0.4, -0.2) is 8.42 Å². The fraction of sp³-hybridized carbons (Fsp3) is 0.0476. The average molecular weight is 671 g/mol. The lowest BCUT2D eigenvalue weighted by Crippen LogP contribution is -2.27. The van der Waals surface area contributed by atoms with Gasteiger partial charge in [0.15, 0.2) is 5.60 Å². The molecule has 2 N–H and O–H groups in total. The number of nitrogens with zero attached hydrogens (tertiary/aromatic N) is 2. The molecule has 1 aliphatic heterocycles. The van der Waals surface area contributed by atoms with Crippen molar-refractivity contribution in [1.29, 1.82) is 10.5 Å². The molecular weight excluding hydrogens is 641 g/mol. The van der Waals surface area contributed by atoms with Crippen LogP contribution in [0.3, 0.4) is 0 Å². The summed E-state index contributed by atoms with van der Waals surface area (Å²) in [5.41, 5.74) is 5.01. The maximum atomic E-state index is 14.7. The molecule has 7 nitrogen and oxygen atoms in total. The highest BCUT2D eigenvalue weighted by Gasteiger charge is 2.48. The molecule has 0 saturated heterocycles. The van der Waals surface area contributed by atoms with Gasteiger partial charge in [-0.2, -0.15) is 10.5 Å². The average Bonchev–Trinajstić information content (AvgIpc) is 3.60. The Balaban J connectivity index is 1.29. The van der Waals surface area contributed by atoms with Crippen LogP contribution in [0.5, 0.6) is 0 Å². The summed E-state index contributed by atoms with van der Waals surface area (Å²) in [7, 11) is -4.06. The van der Waals surface area contributed by atoms with Crippen LogP contribution in [0, 0.1) is 22.7 Å². The minimum absolute atomic E-state index is 0.0786. The van der Waals surface area contributed by atoms with Gasteiger partial charge in [-0.05, 0) is 78.9 Å². The Morgan fingerprint density at radius 1 is 0.600 bits per heavy atom. The van der Waals surface area contributed by atoms with E-state index in [0.717, 1.165) is 22.5 Å². The summed E-state index contributed by atoms with van der Waals surface area (Å²) in [6.07, 6.45) is 0.0786. The number of anilines is 4. The van der Waals surface area contributed by atoms with E-state index in [1.165, 1.54) is 0 Å². The Kier molecular flexibility index (Phi) is 8.62. The zero-order valence-corrected chi connectivity index (χ0v) is 27.6. The lowest BCUT2D eigenvalue weighted by molar-refractivity contribution is 0.101. The van der Waals surface area contributed by atoms with Crippen molar-refractivity contribution >= 4 is 38.3 Å². The molecule has 0 atom stereocenters. The first-order chi connectivity index (χ1) is 24.4. The molecule has 0 aromatic heterocycles. The van der Waals surface area contributed by atoms with Crippen molar-refractivity contribution in [3.8, 4) is 12.1 Å². The van der Waals surface area contributed by atoms with E-state index >= 15 is 0 Å². The predicted molar refractivity (Wildman–Crippen MR) is 195 cm³/mol. The molecule has 0 saturated carbocycles.